The van der Waals surface area contributed by atoms with Crippen molar-refractivity contribution in [1.82, 2.24) is 14.9 Å². The highest BCUT2D eigenvalue weighted by Crippen LogP contribution is 2.61. The van der Waals surface area contributed by atoms with Crippen LogP contribution in [0.3, 0.4) is 0 Å². The van der Waals surface area contributed by atoms with Crippen molar-refractivity contribution in [2.75, 3.05) is 13.2 Å². The predicted octanol–water partition coefficient (Wildman–Crippen LogP) is -4.26. The minimum absolute atomic E-state index is 0.0335. The second-order valence-corrected chi connectivity index (χ2v) is 12.0. The van der Waals surface area contributed by atoms with Gasteiger partial charge < -0.3 is 50.1 Å². The molecule has 0 radical (unpaired) electrons. The second kappa shape index (κ2) is 14.0. The van der Waals surface area contributed by atoms with E-state index in [1.54, 1.807) is 0 Å². The molecule has 11 unspecified atom stereocenters. The lowest BCUT2D eigenvalue weighted by Crippen LogP contribution is -2.64. The summed E-state index contributed by atoms with van der Waals surface area (Å²) in [6.07, 6.45) is -8.47. The van der Waals surface area contributed by atoms with Gasteiger partial charge in [-0.2, -0.15) is 4.31 Å². The molecule has 11 atom stereocenters. The molecule has 0 bridgehead atoms. The summed E-state index contributed by atoms with van der Waals surface area (Å²) in [6, 6.07) is -0.832. The Labute approximate surface area is 235 Å². The van der Waals surface area contributed by atoms with Crippen LogP contribution in [0.1, 0.15) is 19.1 Å². The number of rotatable bonds is 12. The second-order valence-electron chi connectivity index (χ2n) is 8.99. The highest BCUT2D eigenvalue weighted by Gasteiger charge is 2.50. The van der Waals surface area contributed by atoms with Crippen LogP contribution in [0.2, 0.25) is 0 Å². The van der Waals surface area contributed by atoms with Crippen LogP contribution in [0.4, 0.5) is 0 Å². The summed E-state index contributed by atoms with van der Waals surface area (Å²) in [5.74, 6) is 1.39. The minimum atomic E-state index is -5.68. The van der Waals surface area contributed by atoms with Crippen LogP contribution in [-0.2, 0) is 36.8 Å². The third kappa shape index (κ3) is 8.41. The number of aromatic nitrogens is 2. The molecule has 0 aliphatic carbocycles. The first kappa shape index (κ1) is 34.2. The molecule has 3 rings (SSSR count). The van der Waals surface area contributed by atoms with Crippen molar-refractivity contribution < 1.29 is 72.1 Å². The van der Waals surface area contributed by atoms with Crippen LogP contribution < -0.4 is 16.6 Å². The third-order valence-corrected chi connectivity index (χ3v) is 8.61. The first-order chi connectivity index (χ1) is 19.6. The summed E-state index contributed by atoms with van der Waals surface area (Å²) in [4.78, 5) is 57.3. The van der Waals surface area contributed by atoms with Crippen molar-refractivity contribution in [3.8, 4) is 12.3 Å². The van der Waals surface area contributed by atoms with Crippen LogP contribution in [0.5, 0.6) is 0 Å². The largest absolute Gasteiger partial charge is 0.483 e. The molecule has 2 saturated heterocycles. The fourth-order valence-corrected chi connectivity index (χ4v) is 6.13. The number of hydrogen-bond donors (Lipinski definition) is 9. The SMILES string of the molecule is C#CCCC(=O)NC1C(OP(=O)(O)OP(=O)(O)OCC2OC(n3ccc(=O)[nH]c3=O)C(O)C2O)OC(CO)C(O)C1O. The summed E-state index contributed by atoms with van der Waals surface area (Å²) >= 11 is 0. The molecule has 42 heavy (non-hydrogen) atoms. The molecule has 3 heterocycles. The van der Waals surface area contributed by atoms with E-state index in [0.29, 0.717) is 0 Å². The maximum absolute atomic E-state index is 12.6. The minimum Gasteiger partial charge on any atom is -0.394 e. The van der Waals surface area contributed by atoms with E-state index in [-0.39, 0.29) is 12.8 Å². The van der Waals surface area contributed by atoms with E-state index in [0.717, 1.165) is 16.8 Å². The van der Waals surface area contributed by atoms with E-state index in [2.05, 4.69) is 20.1 Å². The lowest BCUT2D eigenvalue weighted by molar-refractivity contribution is -0.248. The summed E-state index contributed by atoms with van der Waals surface area (Å²) in [5, 5.41) is 52.5. The number of nitrogens with zero attached hydrogens (tertiary/aromatic N) is 1. The molecule has 2 aliphatic rings. The van der Waals surface area contributed by atoms with E-state index < -0.39 is 101 Å². The Morgan fingerprint density at radius 1 is 1.07 bits per heavy atom. The van der Waals surface area contributed by atoms with Crippen LogP contribution in [-0.4, -0.2) is 113 Å². The Balaban J connectivity index is 1.67. The Bertz CT molecular complexity index is 1360. The standard InChI is InChI=1S/C20H29N3O17P2/c1-2-3-4-11(25)21-13-16(29)14(27)9(7-24)38-19(13)39-42(34,35)40-41(32,33)36-8-10-15(28)17(30)18(37-10)23-6-5-12(26)22-20(23)31/h1,5-6,9-10,13-19,24,27-30H,3-4,7-8H2,(H,21,25)(H,32,33)(H,34,35)(H,22,26,31). The molecule has 0 saturated carbocycles. The monoisotopic (exact) mass is 645 g/mol. The Kier molecular flexibility index (Phi) is 11.4. The summed E-state index contributed by atoms with van der Waals surface area (Å²) in [6.45, 7) is -1.97. The van der Waals surface area contributed by atoms with Crippen molar-refractivity contribution in [3.05, 3.63) is 33.1 Å². The van der Waals surface area contributed by atoms with Gasteiger partial charge in [0.1, 0.15) is 42.7 Å². The van der Waals surface area contributed by atoms with Gasteiger partial charge in [-0.3, -0.25) is 28.2 Å². The molecule has 20 nitrogen and oxygen atoms in total. The number of hydrogen-bond acceptors (Lipinski definition) is 15. The lowest BCUT2D eigenvalue weighted by Gasteiger charge is -2.42. The number of phosphoric acid groups is 2. The molecule has 0 spiro atoms. The Morgan fingerprint density at radius 2 is 1.74 bits per heavy atom. The average Bonchev–Trinajstić information content (AvgIpc) is 3.18. The zero-order valence-corrected chi connectivity index (χ0v) is 23.1. The van der Waals surface area contributed by atoms with Gasteiger partial charge in [-0.15, -0.1) is 12.3 Å². The lowest BCUT2D eigenvalue weighted by atomic mass is 9.97. The molecule has 2 aliphatic heterocycles. The fraction of sp³-hybridized carbons (Fsp3) is 0.650. The number of H-pyrrole nitrogens is 1. The normalized spacial score (nSPS) is 34.2. The van der Waals surface area contributed by atoms with Gasteiger partial charge in [0.25, 0.3) is 5.56 Å². The third-order valence-electron chi connectivity index (χ3n) is 6.01. The Hall–Kier alpha value is -2.31. The van der Waals surface area contributed by atoms with E-state index in [1.807, 2.05) is 4.98 Å². The molecule has 0 aromatic carbocycles. The van der Waals surface area contributed by atoms with Gasteiger partial charge in [0, 0.05) is 25.1 Å². The first-order valence-corrected chi connectivity index (χ1v) is 15.0. The van der Waals surface area contributed by atoms with Gasteiger partial charge in [-0.1, -0.05) is 0 Å². The zero-order valence-electron chi connectivity index (χ0n) is 21.3. The van der Waals surface area contributed by atoms with E-state index >= 15 is 0 Å². The average molecular weight is 645 g/mol. The van der Waals surface area contributed by atoms with Gasteiger partial charge in [0.15, 0.2) is 12.5 Å². The van der Waals surface area contributed by atoms with Gasteiger partial charge in [-0.05, 0) is 0 Å². The number of aromatic amines is 1. The number of carbonyl (C=O) groups is 1. The van der Waals surface area contributed by atoms with Crippen molar-refractivity contribution in [3.63, 3.8) is 0 Å². The maximum Gasteiger partial charge on any atom is 0.483 e. The number of terminal acetylenes is 1. The van der Waals surface area contributed by atoms with Crippen LogP contribution in [0.15, 0.2) is 21.9 Å². The summed E-state index contributed by atoms with van der Waals surface area (Å²) < 4.78 is 49.6. The van der Waals surface area contributed by atoms with Crippen molar-refractivity contribution in [2.45, 2.75) is 68.0 Å². The van der Waals surface area contributed by atoms with Gasteiger partial charge in [-0.25, -0.2) is 13.9 Å². The number of amides is 1. The first-order valence-electron chi connectivity index (χ1n) is 12.0. The molecule has 236 valence electrons. The van der Waals surface area contributed by atoms with E-state index in [9.17, 15) is 58.8 Å². The van der Waals surface area contributed by atoms with Crippen LogP contribution >= 0.6 is 15.6 Å². The summed E-state index contributed by atoms with van der Waals surface area (Å²) in [7, 11) is -11.2. The highest BCUT2D eigenvalue weighted by molar-refractivity contribution is 7.61. The predicted molar refractivity (Wildman–Crippen MR) is 133 cm³/mol. The van der Waals surface area contributed by atoms with E-state index in [1.165, 1.54) is 0 Å². The van der Waals surface area contributed by atoms with Gasteiger partial charge in [0.05, 0.1) is 13.2 Å². The number of ether oxygens (including phenoxy) is 2. The number of phosphoric ester groups is 2. The quantitative estimate of drug-likeness (QED) is 0.0767. The number of aliphatic hydroxyl groups is 5. The smallest absolute Gasteiger partial charge is 0.394 e. The number of nitrogens with one attached hydrogen (secondary N) is 2. The van der Waals surface area contributed by atoms with Crippen molar-refractivity contribution in [2.24, 2.45) is 0 Å². The molecule has 1 aromatic heterocycles. The fourth-order valence-electron chi connectivity index (χ4n) is 3.97. The van der Waals surface area contributed by atoms with E-state index in [4.69, 9.17) is 20.4 Å². The highest BCUT2D eigenvalue weighted by atomic mass is 31.3. The zero-order chi connectivity index (χ0) is 31.4. The van der Waals surface area contributed by atoms with Crippen molar-refractivity contribution in [1.29, 1.82) is 0 Å². The van der Waals surface area contributed by atoms with Gasteiger partial charge >= 0.3 is 21.3 Å². The number of aliphatic hydroxyl groups excluding tert-OH is 5. The maximum atomic E-state index is 12.6. The topological polar surface area (TPSA) is 306 Å². The molecule has 9 N–H and O–H groups in total. The molecule has 22 heteroatoms. The van der Waals surface area contributed by atoms with Gasteiger partial charge in [0.2, 0.25) is 5.91 Å². The van der Waals surface area contributed by atoms with Crippen molar-refractivity contribution >= 4 is 21.6 Å². The molecule has 2 fully saturated rings. The Morgan fingerprint density at radius 3 is 2.36 bits per heavy atom. The molecular weight excluding hydrogens is 616 g/mol. The van der Waals surface area contributed by atoms with Crippen LogP contribution in [0.25, 0.3) is 0 Å². The summed E-state index contributed by atoms with van der Waals surface area (Å²) in [5.41, 5.74) is -1.77. The molecule has 1 amide bonds. The molecule has 1 aromatic rings. The molecular formula is C20H29N3O17P2. The van der Waals surface area contributed by atoms with Crippen LogP contribution in [0, 0.1) is 12.3 Å². The number of carbonyl (C=O) groups excluding carboxylic acids is 1.